The molecule has 3 heterocycles. The van der Waals surface area contributed by atoms with Crippen molar-refractivity contribution in [3.63, 3.8) is 0 Å². The lowest BCUT2D eigenvalue weighted by Gasteiger charge is -2.31. The summed E-state index contributed by atoms with van der Waals surface area (Å²) in [6, 6.07) is 62.5. The first-order valence-corrected chi connectivity index (χ1v) is 17.5. The smallest absolute Gasteiger partial charge is 0.263 e. The van der Waals surface area contributed by atoms with Gasteiger partial charge in [-0.3, -0.25) is 8.97 Å². The molecule has 0 bridgehead atoms. The average molecular weight is 649 g/mol. The summed E-state index contributed by atoms with van der Waals surface area (Å²) in [6.07, 6.45) is 0. The van der Waals surface area contributed by atoms with Crippen LogP contribution >= 0.6 is 0 Å². The standard InChI is InChI=1S/C47H29BN2O/c51-47-49-41-28-25-34(30-13-4-1-5-14-30)29-38(41)37-26-23-33-24-27-40-46(43(33)45(37)49)50(47)42-22-11-10-21-39(42)48(40)44-35(31-15-6-2-7-16-31)19-12-20-36(44)32-17-8-3-9-18-32/h1-29H. The van der Waals surface area contributed by atoms with Crippen LogP contribution in [-0.2, 0) is 0 Å². The Morgan fingerprint density at radius 2 is 1.08 bits per heavy atom. The van der Waals surface area contributed by atoms with Crippen molar-refractivity contribution in [1.29, 1.82) is 0 Å². The summed E-state index contributed by atoms with van der Waals surface area (Å²) in [7, 11) is 0. The second-order valence-corrected chi connectivity index (χ2v) is 13.6. The zero-order valence-electron chi connectivity index (χ0n) is 27.6. The van der Waals surface area contributed by atoms with Gasteiger partial charge in [-0.2, -0.15) is 0 Å². The molecule has 0 aliphatic carbocycles. The monoisotopic (exact) mass is 648 g/mol. The Labute approximate surface area is 294 Å². The zero-order chi connectivity index (χ0) is 33.6. The van der Waals surface area contributed by atoms with Crippen LogP contribution in [-0.4, -0.2) is 15.7 Å². The van der Waals surface area contributed by atoms with Gasteiger partial charge in [0, 0.05) is 21.8 Å². The molecule has 4 heteroatoms. The Hall–Kier alpha value is -6.65. The van der Waals surface area contributed by atoms with Crippen molar-refractivity contribution < 1.29 is 0 Å². The molecule has 1 aliphatic rings. The number of hydrogen-bond acceptors (Lipinski definition) is 1. The first-order chi connectivity index (χ1) is 25.3. The van der Waals surface area contributed by atoms with E-state index in [4.69, 9.17) is 0 Å². The molecule has 0 fully saturated rings. The SMILES string of the molecule is O=c1n2c3c(ccc4ccc5c6cc(-c7ccccc7)ccc6n1c5c43)B(c1c(-c3ccccc3)cccc1-c1ccccc1)c1ccccc1-2. The molecule has 0 N–H and O–H groups in total. The molecule has 10 aromatic rings. The minimum atomic E-state index is -0.118. The fourth-order valence-corrected chi connectivity index (χ4v) is 8.84. The van der Waals surface area contributed by atoms with E-state index in [0.29, 0.717) is 0 Å². The highest BCUT2D eigenvalue weighted by atomic mass is 16.1. The third-order valence-electron chi connectivity index (χ3n) is 11.0. The number of rotatable bonds is 4. The van der Waals surface area contributed by atoms with Gasteiger partial charge in [0.15, 0.2) is 0 Å². The molecule has 0 saturated carbocycles. The van der Waals surface area contributed by atoms with Crippen molar-refractivity contribution in [2.45, 2.75) is 0 Å². The van der Waals surface area contributed by atoms with E-state index in [1.165, 1.54) is 27.7 Å². The van der Waals surface area contributed by atoms with Crippen LogP contribution in [0.2, 0.25) is 0 Å². The topological polar surface area (TPSA) is 26.4 Å². The van der Waals surface area contributed by atoms with E-state index in [9.17, 15) is 0 Å². The van der Waals surface area contributed by atoms with Gasteiger partial charge in [0.25, 0.3) is 0 Å². The van der Waals surface area contributed by atoms with Crippen LogP contribution in [0.15, 0.2) is 181 Å². The number of benzene rings is 8. The molecule has 0 radical (unpaired) electrons. The molecule has 3 nitrogen and oxygen atoms in total. The van der Waals surface area contributed by atoms with Crippen molar-refractivity contribution in [2.24, 2.45) is 0 Å². The Morgan fingerprint density at radius 1 is 0.451 bits per heavy atom. The number of para-hydroxylation sites is 1. The molecule has 51 heavy (non-hydrogen) atoms. The van der Waals surface area contributed by atoms with Crippen LogP contribution in [0, 0.1) is 0 Å². The van der Waals surface area contributed by atoms with E-state index in [0.717, 1.165) is 65.8 Å². The molecule has 0 saturated heterocycles. The van der Waals surface area contributed by atoms with Crippen LogP contribution < -0.4 is 22.1 Å². The number of hydrogen-bond donors (Lipinski definition) is 0. The average Bonchev–Trinajstić information content (AvgIpc) is 3.54. The Kier molecular flexibility index (Phi) is 5.91. The summed E-state index contributed by atoms with van der Waals surface area (Å²) < 4.78 is 3.96. The Morgan fingerprint density at radius 3 is 1.78 bits per heavy atom. The highest BCUT2D eigenvalue weighted by molar-refractivity contribution is 6.99. The lowest BCUT2D eigenvalue weighted by atomic mass is 9.33. The second-order valence-electron chi connectivity index (χ2n) is 13.6. The lowest BCUT2D eigenvalue weighted by Crippen LogP contribution is -2.58. The molecule has 1 aliphatic heterocycles. The maximum absolute atomic E-state index is 15.2. The summed E-state index contributed by atoms with van der Waals surface area (Å²) in [4.78, 5) is 15.2. The maximum atomic E-state index is 15.2. The van der Waals surface area contributed by atoms with Gasteiger partial charge in [0.1, 0.15) is 0 Å². The van der Waals surface area contributed by atoms with Gasteiger partial charge in [0.2, 0.25) is 6.71 Å². The third-order valence-corrected chi connectivity index (χ3v) is 11.0. The van der Waals surface area contributed by atoms with Crippen LogP contribution in [0.1, 0.15) is 0 Å². The molecule has 0 spiro atoms. The van der Waals surface area contributed by atoms with Crippen LogP contribution in [0.5, 0.6) is 0 Å². The van der Waals surface area contributed by atoms with E-state index in [1.807, 2.05) is 15.0 Å². The highest BCUT2D eigenvalue weighted by Gasteiger charge is 2.37. The highest BCUT2D eigenvalue weighted by Crippen LogP contribution is 2.39. The number of aromatic nitrogens is 2. The predicted molar refractivity (Wildman–Crippen MR) is 214 cm³/mol. The first kappa shape index (κ1) is 28.2. The molecular weight excluding hydrogens is 619 g/mol. The van der Waals surface area contributed by atoms with Crippen molar-refractivity contribution >= 4 is 61.2 Å². The fourth-order valence-electron chi connectivity index (χ4n) is 8.84. The largest absolute Gasteiger partial charge is 0.338 e. The minimum absolute atomic E-state index is 0.0413. The summed E-state index contributed by atoms with van der Waals surface area (Å²) in [5.41, 5.74) is 14.3. The molecule has 236 valence electrons. The predicted octanol–water partition coefficient (Wildman–Crippen LogP) is 8.82. The van der Waals surface area contributed by atoms with Crippen molar-refractivity contribution in [2.75, 3.05) is 0 Å². The molecule has 0 atom stereocenters. The molecule has 0 unspecified atom stereocenters. The molecule has 2 aromatic heterocycles. The third kappa shape index (κ3) is 3.93. The van der Waals surface area contributed by atoms with Crippen LogP contribution in [0.3, 0.4) is 0 Å². The first-order valence-electron chi connectivity index (χ1n) is 17.5. The van der Waals surface area contributed by atoms with Gasteiger partial charge in [-0.1, -0.05) is 163 Å². The van der Waals surface area contributed by atoms with E-state index in [1.54, 1.807) is 0 Å². The number of nitrogens with zero attached hydrogens (tertiary/aromatic N) is 2. The second kappa shape index (κ2) is 10.7. The summed E-state index contributed by atoms with van der Waals surface area (Å²) in [5.74, 6) is 0. The minimum Gasteiger partial charge on any atom is -0.263 e. The van der Waals surface area contributed by atoms with Crippen LogP contribution in [0.4, 0.5) is 0 Å². The van der Waals surface area contributed by atoms with Crippen molar-refractivity contribution in [3.8, 4) is 39.1 Å². The zero-order valence-corrected chi connectivity index (χ0v) is 27.6. The van der Waals surface area contributed by atoms with Gasteiger partial charge in [-0.15, -0.1) is 0 Å². The summed E-state index contributed by atoms with van der Waals surface area (Å²) in [5, 5.41) is 4.44. The molecule has 11 rings (SSSR count). The van der Waals surface area contributed by atoms with Gasteiger partial charge >= 0.3 is 5.69 Å². The van der Waals surface area contributed by atoms with Crippen molar-refractivity contribution in [1.82, 2.24) is 8.97 Å². The quantitative estimate of drug-likeness (QED) is 0.175. The van der Waals surface area contributed by atoms with Crippen molar-refractivity contribution in [3.05, 3.63) is 186 Å². The Bertz CT molecular complexity index is 2980. The van der Waals surface area contributed by atoms with Gasteiger partial charge in [-0.05, 0) is 67.9 Å². The maximum Gasteiger partial charge on any atom is 0.338 e. The van der Waals surface area contributed by atoms with Gasteiger partial charge in [0.05, 0.1) is 16.6 Å². The van der Waals surface area contributed by atoms with Crippen LogP contribution in [0.25, 0.3) is 77.2 Å². The van der Waals surface area contributed by atoms with E-state index in [-0.39, 0.29) is 12.4 Å². The lowest BCUT2D eigenvalue weighted by molar-refractivity contribution is 0.941. The normalized spacial score (nSPS) is 12.4. The van der Waals surface area contributed by atoms with E-state index in [2.05, 4.69) is 170 Å². The molecule has 0 amide bonds. The van der Waals surface area contributed by atoms with Gasteiger partial charge < -0.3 is 0 Å². The fraction of sp³-hybridized carbons (Fsp3) is 0. The van der Waals surface area contributed by atoms with E-state index >= 15 is 4.79 Å². The summed E-state index contributed by atoms with van der Waals surface area (Å²) in [6.45, 7) is -0.118. The molecular formula is C47H29BN2O. The molecule has 8 aromatic carbocycles. The number of fused-ring (bicyclic) bond motifs is 5. The van der Waals surface area contributed by atoms with Gasteiger partial charge in [-0.25, -0.2) is 4.79 Å². The summed E-state index contributed by atoms with van der Waals surface area (Å²) >= 11 is 0. The van der Waals surface area contributed by atoms with E-state index < -0.39 is 0 Å². The Balaban J connectivity index is 1.30.